The topological polar surface area (TPSA) is 32.7 Å². The van der Waals surface area contributed by atoms with Crippen molar-refractivity contribution >= 4 is 40.1 Å². The molecule has 0 atom stereocenters. The van der Waals surface area contributed by atoms with Crippen molar-refractivity contribution in [3.05, 3.63) is 29.3 Å². The molecule has 2 rings (SSSR count). The van der Waals surface area contributed by atoms with Crippen molar-refractivity contribution in [3.63, 3.8) is 0 Å². The second-order valence-electron chi connectivity index (χ2n) is 3.30. The van der Waals surface area contributed by atoms with Crippen LogP contribution in [-0.4, -0.2) is 28.3 Å². The lowest BCUT2D eigenvalue weighted by atomic mass is 10.3. The molecule has 0 aliphatic carbocycles. The SMILES string of the molecule is CCN1C(=O)CSC1=Nc1ccc(Cl)cc1. The normalized spacial score (nSPS) is 18.5. The molecule has 0 N–H and O–H groups in total. The number of amidine groups is 1. The first-order valence-electron chi connectivity index (χ1n) is 4.98. The molecule has 0 radical (unpaired) electrons. The molecule has 1 fully saturated rings. The molecule has 1 aliphatic rings. The lowest BCUT2D eigenvalue weighted by Crippen LogP contribution is -2.28. The van der Waals surface area contributed by atoms with Gasteiger partial charge in [-0.2, -0.15) is 0 Å². The number of benzene rings is 1. The van der Waals surface area contributed by atoms with Crippen molar-refractivity contribution < 1.29 is 4.79 Å². The standard InChI is InChI=1S/C11H11ClN2OS/c1-2-14-10(15)7-16-11(14)13-9-5-3-8(12)4-6-9/h3-6H,2,7H2,1H3. The molecular weight excluding hydrogens is 244 g/mol. The predicted molar refractivity (Wildman–Crippen MR) is 68.4 cm³/mol. The molecule has 1 aromatic carbocycles. The molecule has 0 aromatic heterocycles. The van der Waals surface area contributed by atoms with Crippen LogP contribution in [0.2, 0.25) is 5.02 Å². The van der Waals surface area contributed by atoms with Crippen molar-refractivity contribution in [2.75, 3.05) is 12.3 Å². The molecule has 84 valence electrons. The van der Waals surface area contributed by atoms with Gasteiger partial charge in [-0.25, -0.2) is 4.99 Å². The zero-order valence-electron chi connectivity index (χ0n) is 8.81. The molecule has 1 aromatic rings. The van der Waals surface area contributed by atoms with Crippen LogP contribution in [0.3, 0.4) is 0 Å². The molecule has 0 saturated carbocycles. The van der Waals surface area contributed by atoms with Crippen LogP contribution in [0, 0.1) is 0 Å². The largest absolute Gasteiger partial charge is 0.291 e. The summed E-state index contributed by atoms with van der Waals surface area (Å²) in [6.45, 7) is 2.61. The first kappa shape index (κ1) is 11.5. The van der Waals surface area contributed by atoms with Crippen LogP contribution in [0.5, 0.6) is 0 Å². The number of carbonyl (C=O) groups is 1. The minimum absolute atomic E-state index is 0.125. The van der Waals surface area contributed by atoms with E-state index in [0.717, 1.165) is 10.9 Å². The Labute approximate surface area is 103 Å². The number of carbonyl (C=O) groups excluding carboxylic acids is 1. The van der Waals surface area contributed by atoms with Gasteiger partial charge in [0.05, 0.1) is 11.4 Å². The van der Waals surface area contributed by atoms with Gasteiger partial charge in [-0.3, -0.25) is 9.69 Å². The summed E-state index contributed by atoms with van der Waals surface area (Å²) in [6.07, 6.45) is 0. The van der Waals surface area contributed by atoms with Gasteiger partial charge >= 0.3 is 0 Å². The summed E-state index contributed by atoms with van der Waals surface area (Å²) in [5.74, 6) is 0.612. The summed E-state index contributed by atoms with van der Waals surface area (Å²) in [5.41, 5.74) is 0.819. The van der Waals surface area contributed by atoms with Gasteiger partial charge in [-0.05, 0) is 31.2 Å². The fourth-order valence-electron chi connectivity index (χ4n) is 1.42. The Bertz CT molecular complexity index is 430. The van der Waals surface area contributed by atoms with Crippen molar-refractivity contribution in [1.82, 2.24) is 4.90 Å². The lowest BCUT2D eigenvalue weighted by molar-refractivity contribution is -0.123. The molecule has 1 aliphatic heterocycles. The Kier molecular flexibility index (Phi) is 3.51. The Balaban J connectivity index is 2.24. The molecule has 16 heavy (non-hydrogen) atoms. The van der Waals surface area contributed by atoms with Crippen LogP contribution in [-0.2, 0) is 4.79 Å². The number of rotatable bonds is 2. The summed E-state index contributed by atoms with van der Waals surface area (Å²) in [5, 5.41) is 1.46. The quantitative estimate of drug-likeness (QED) is 0.813. The third kappa shape index (κ3) is 2.39. The lowest BCUT2D eigenvalue weighted by Gasteiger charge is -2.12. The Morgan fingerprint density at radius 3 is 2.75 bits per heavy atom. The summed E-state index contributed by atoms with van der Waals surface area (Å²) in [7, 11) is 0. The fraction of sp³-hybridized carbons (Fsp3) is 0.273. The fourth-order valence-corrected chi connectivity index (χ4v) is 2.51. The predicted octanol–water partition coefficient (Wildman–Crippen LogP) is 2.92. The monoisotopic (exact) mass is 254 g/mol. The van der Waals surface area contributed by atoms with Gasteiger partial charge in [0.2, 0.25) is 5.91 Å². The van der Waals surface area contributed by atoms with E-state index in [4.69, 9.17) is 11.6 Å². The highest BCUT2D eigenvalue weighted by atomic mass is 35.5. The smallest absolute Gasteiger partial charge is 0.239 e. The van der Waals surface area contributed by atoms with Crippen LogP contribution in [0.4, 0.5) is 5.69 Å². The minimum atomic E-state index is 0.125. The van der Waals surface area contributed by atoms with Crippen molar-refractivity contribution in [2.45, 2.75) is 6.92 Å². The maximum atomic E-state index is 11.5. The van der Waals surface area contributed by atoms with Gasteiger partial charge in [-0.15, -0.1) is 0 Å². The van der Waals surface area contributed by atoms with E-state index in [9.17, 15) is 4.79 Å². The molecule has 1 heterocycles. The summed E-state index contributed by atoms with van der Waals surface area (Å²) >= 11 is 7.26. The Hall–Kier alpha value is -1.00. The number of halogens is 1. The number of thioether (sulfide) groups is 1. The molecule has 0 bridgehead atoms. The van der Waals surface area contributed by atoms with E-state index in [1.807, 2.05) is 19.1 Å². The maximum absolute atomic E-state index is 11.5. The minimum Gasteiger partial charge on any atom is -0.291 e. The number of aliphatic imine (C=N–C) groups is 1. The van der Waals surface area contributed by atoms with Crippen LogP contribution in [0.15, 0.2) is 29.3 Å². The van der Waals surface area contributed by atoms with Gasteiger partial charge in [0.25, 0.3) is 0 Å². The number of hydrogen-bond donors (Lipinski definition) is 0. The van der Waals surface area contributed by atoms with E-state index >= 15 is 0 Å². The van der Waals surface area contributed by atoms with E-state index in [2.05, 4.69) is 4.99 Å². The van der Waals surface area contributed by atoms with E-state index in [1.54, 1.807) is 17.0 Å². The molecular formula is C11H11ClN2OS. The third-order valence-electron chi connectivity index (χ3n) is 2.22. The molecule has 0 spiro atoms. The van der Waals surface area contributed by atoms with Gasteiger partial charge < -0.3 is 0 Å². The van der Waals surface area contributed by atoms with Gasteiger partial charge in [0.15, 0.2) is 5.17 Å². The van der Waals surface area contributed by atoms with Crippen LogP contribution >= 0.6 is 23.4 Å². The maximum Gasteiger partial charge on any atom is 0.239 e. The average molecular weight is 255 g/mol. The molecule has 0 unspecified atom stereocenters. The van der Waals surface area contributed by atoms with Crippen LogP contribution in [0.1, 0.15) is 6.92 Å². The van der Waals surface area contributed by atoms with Crippen LogP contribution < -0.4 is 0 Å². The highest BCUT2D eigenvalue weighted by molar-refractivity contribution is 8.15. The van der Waals surface area contributed by atoms with Crippen molar-refractivity contribution in [2.24, 2.45) is 4.99 Å². The van der Waals surface area contributed by atoms with Crippen molar-refractivity contribution in [3.8, 4) is 0 Å². The first-order valence-corrected chi connectivity index (χ1v) is 6.34. The summed E-state index contributed by atoms with van der Waals surface area (Å²) < 4.78 is 0. The van der Waals surface area contributed by atoms with E-state index < -0.39 is 0 Å². The van der Waals surface area contributed by atoms with Gasteiger partial charge in [-0.1, -0.05) is 23.4 Å². The summed E-state index contributed by atoms with van der Waals surface area (Å²) in [6, 6.07) is 7.26. The second-order valence-corrected chi connectivity index (χ2v) is 4.68. The number of nitrogens with zero attached hydrogens (tertiary/aromatic N) is 2. The zero-order valence-corrected chi connectivity index (χ0v) is 10.4. The zero-order chi connectivity index (χ0) is 11.5. The van der Waals surface area contributed by atoms with Gasteiger partial charge in [0.1, 0.15) is 0 Å². The third-order valence-corrected chi connectivity index (χ3v) is 3.44. The Morgan fingerprint density at radius 1 is 1.44 bits per heavy atom. The highest BCUT2D eigenvalue weighted by Gasteiger charge is 2.26. The first-order chi connectivity index (χ1) is 7.70. The molecule has 5 heteroatoms. The molecule has 1 amide bonds. The molecule has 3 nitrogen and oxygen atoms in total. The second kappa shape index (κ2) is 4.89. The van der Waals surface area contributed by atoms with E-state index in [0.29, 0.717) is 17.3 Å². The van der Waals surface area contributed by atoms with E-state index in [1.165, 1.54) is 11.8 Å². The van der Waals surface area contributed by atoms with Crippen molar-refractivity contribution in [1.29, 1.82) is 0 Å². The molecule has 1 saturated heterocycles. The number of hydrogen-bond acceptors (Lipinski definition) is 3. The average Bonchev–Trinajstić information content (AvgIpc) is 2.63. The van der Waals surface area contributed by atoms with Crippen LogP contribution in [0.25, 0.3) is 0 Å². The van der Waals surface area contributed by atoms with E-state index in [-0.39, 0.29) is 5.91 Å². The Morgan fingerprint density at radius 2 is 2.12 bits per heavy atom. The number of amides is 1. The highest BCUT2D eigenvalue weighted by Crippen LogP contribution is 2.24. The van der Waals surface area contributed by atoms with Gasteiger partial charge in [0, 0.05) is 11.6 Å². The summed E-state index contributed by atoms with van der Waals surface area (Å²) in [4.78, 5) is 17.6.